The van der Waals surface area contributed by atoms with Crippen LogP contribution >= 0.6 is 12.4 Å². The minimum absolute atomic E-state index is 0. The summed E-state index contributed by atoms with van der Waals surface area (Å²) in [5.74, 6) is 0.147. The number of hydrogen-bond donors (Lipinski definition) is 2. The fourth-order valence-electron chi connectivity index (χ4n) is 5.52. The summed E-state index contributed by atoms with van der Waals surface area (Å²) in [6.45, 7) is 1.75. The predicted molar refractivity (Wildman–Crippen MR) is 210 cm³/mol. The van der Waals surface area contributed by atoms with Crippen molar-refractivity contribution in [3.63, 3.8) is 0 Å². The normalized spacial score (nSPS) is 11.1. The lowest BCUT2D eigenvalue weighted by Crippen LogP contribution is -2.10. The van der Waals surface area contributed by atoms with Gasteiger partial charge in [0.15, 0.2) is 22.3 Å². The molecule has 0 aliphatic heterocycles. The summed E-state index contributed by atoms with van der Waals surface area (Å²) in [4.78, 5) is 21.8. The largest absolute Gasteiger partial charge is 0.324 e. The summed E-state index contributed by atoms with van der Waals surface area (Å²) in [6, 6.07) is 28.4. The van der Waals surface area contributed by atoms with E-state index in [0.717, 1.165) is 24.5 Å². The Labute approximate surface area is 321 Å². The number of anilines is 4. The van der Waals surface area contributed by atoms with Gasteiger partial charge in [0.1, 0.15) is 11.6 Å². The van der Waals surface area contributed by atoms with Crippen molar-refractivity contribution in [1.29, 1.82) is 0 Å². The minimum atomic E-state index is -0.346. The quantitative estimate of drug-likeness (QED) is 0.153. The van der Waals surface area contributed by atoms with Crippen LogP contribution in [-0.2, 0) is 13.1 Å². The monoisotopic (exact) mass is 762 g/mol. The smallest absolute Gasteiger partial charge is 0.229 e. The summed E-state index contributed by atoms with van der Waals surface area (Å²) in [5, 5.41) is 22.6. The number of benzene rings is 4. The van der Waals surface area contributed by atoms with Crippen LogP contribution in [0, 0.1) is 11.6 Å². The van der Waals surface area contributed by atoms with Gasteiger partial charge in [0, 0.05) is 24.5 Å². The van der Waals surface area contributed by atoms with Crippen molar-refractivity contribution in [2.45, 2.75) is 13.1 Å². The topological polar surface area (TPSA) is 144 Å². The molecular formula is C38H37ClF2N14. The lowest BCUT2D eigenvalue weighted by Gasteiger charge is -2.10. The number of nitrogens with one attached hydrogen (secondary N) is 2. The molecule has 0 amide bonds. The van der Waals surface area contributed by atoms with Crippen LogP contribution in [0.1, 0.15) is 11.1 Å². The van der Waals surface area contributed by atoms with Crippen LogP contribution in [0.3, 0.4) is 0 Å². The first-order valence-electron chi connectivity index (χ1n) is 16.9. The maximum absolute atomic E-state index is 13.5. The molecule has 280 valence electrons. The Bertz CT molecular complexity index is 2330. The van der Waals surface area contributed by atoms with Gasteiger partial charge in [-0.2, -0.15) is 19.3 Å². The molecule has 4 heterocycles. The molecule has 0 aliphatic rings. The van der Waals surface area contributed by atoms with Crippen molar-refractivity contribution in [3.8, 4) is 11.4 Å². The summed E-state index contributed by atoms with van der Waals surface area (Å²) in [5.41, 5.74) is 7.36. The molecule has 17 heteroatoms. The first kappa shape index (κ1) is 38.2. The molecule has 14 nitrogen and oxygen atoms in total. The molecule has 0 saturated heterocycles. The van der Waals surface area contributed by atoms with Gasteiger partial charge in [-0.1, -0.05) is 46.8 Å². The molecule has 55 heavy (non-hydrogen) atoms. The van der Waals surface area contributed by atoms with Gasteiger partial charge in [-0.05, 0) is 100.0 Å². The average molecular weight is 763 g/mol. The highest BCUT2D eigenvalue weighted by atomic mass is 35.5. The Morgan fingerprint density at radius 3 is 1.33 bits per heavy atom. The summed E-state index contributed by atoms with van der Waals surface area (Å²) >= 11 is 0. The van der Waals surface area contributed by atoms with E-state index in [1.54, 1.807) is 36.7 Å². The van der Waals surface area contributed by atoms with Crippen molar-refractivity contribution in [1.82, 2.24) is 59.7 Å². The van der Waals surface area contributed by atoms with E-state index in [1.807, 2.05) is 52.5 Å². The summed E-state index contributed by atoms with van der Waals surface area (Å²) in [7, 11) is 8.13. The van der Waals surface area contributed by atoms with E-state index in [4.69, 9.17) is 0 Å². The van der Waals surface area contributed by atoms with Crippen LogP contribution < -0.4 is 10.6 Å². The number of fused-ring (bicyclic) bond motifs is 2. The average Bonchev–Trinajstić information content (AvgIpc) is 3.77. The first-order valence-corrected chi connectivity index (χ1v) is 16.9. The Kier molecular flexibility index (Phi) is 11.9. The van der Waals surface area contributed by atoms with E-state index >= 15 is 0 Å². The number of nitrogens with zero attached hydrogens (tertiary/aromatic N) is 12. The SMILES string of the molecule is CN(C)Cc1ccc(Nc2ncc3nnn(-c4cccc(F)c4)c3n2)cc1.CN(C)Cc1ccc(Nc2ncc3nnn(-c4cccc(F)c4)c3n2)cc1.Cl. The molecule has 2 N–H and O–H groups in total. The van der Waals surface area contributed by atoms with Gasteiger partial charge < -0.3 is 20.4 Å². The number of halogens is 3. The van der Waals surface area contributed by atoms with E-state index in [-0.39, 0.29) is 24.0 Å². The van der Waals surface area contributed by atoms with E-state index in [1.165, 1.54) is 44.8 Å². The lowest BCUT2D eigenvalue weighted by molar-refractivity contribution is 0.402. The number of hydrogen-bond acceptors (Lipinski definition) is 12. The van der Waals surface area contributed by atoms with Gasteiger partial charge in [0.2, 0.25) is 11.9 Å². The molecule has 0 unspecified atom stereocenters. The second-order valence-corrected chi connectivity index (χ2v) is 12.9. The zero-order valence-corrected chi connectivity index (χ0v) is 31.2. The molecular weight excluding hydrogens is 726 g/mol. The molecule has 0 spiro atoms. The molecule has 0 saturated carbocycles. The van der Waals surface area contributed by atoms with Crippen molar-refractivity contribution >= 4 is 58.0 Å². The van der Waals surface area contributed by atoms with Gasteiger partial charge >= 0.3 is 0 Å². The van der Waals surface area contributed by atoms with Crippen molar-refractivity contribution in [3.05, 3.63) is 132 Å². The minimum Gasteiger partial charge on any atom is -0.324 e. The third kappa shape index (κ3) is 9.55. The maximum Gasteiger partial charge on any atom is 0.229 e. The summed E-state index contributed by atoms with van der Waals surface area (Å²) < 4.78 is 30.0. The molecule has 4 aromatic carbocycles. The fraction of sp³-hybridized carbons (Fsp3) is 0.158. The van der Waals surface area contributed by atoms with Crippen molar-refractivity contribution < 1.29 is 8.78 Å². The maximum atomic E-state index is 13.5. The van der Waals surface area contributed by atoms with Gasteiger partial charge in [-0.25, -0.2) is 18.7 Å². The first-order chi connectivity index (χ1) is 26.2. The highest BCUT2D eigenvalue weighted by molar-refractivity contribution is 5.85. The number of rotatable bonds is 10. The lowest BCUT2D eigenvalue weighted by atomic mass is 10.2. The Hall–Kier alpha value is -6.49. The molecule has 0 radical (unpaired) electrons. The zero-order valence-electron chi connectivity index (χ0n) is 30.3. The highest BCUT2D eigenvalue weighted by Crippen LogP contribution is 2.21. The molecule has 0 aliphatic carbocycles. The van der Waals surface area contributed by atoms with Crippen molar-refractivity contribution in [2.75, 3.05) is 38.8 Å². The highest BCUT2D eigenvalue weighted by Gasteiger charge is 2.13. The van der Waals surface area contributed by atoms with Crippen LogP contribution in [0.4, 0.5) is 32.1 Å². The predicted octanol–water partition coefficient (Wildman–Crippen LogP) is 6.73. The second kappa shape index (κ2) is 17.1. The Morgan fingerprint density at radius 2 is 0.964 bits per heavy atom. The van der Waals surface area contributed by atoms with E-state index < -0.39 is 0 Å². The summed E-state index contributed by atoms with van der Waals surface area (Å²) in [6.07, 6.45) is 3.18. The fourth-order valence-corrected chi connectivity index (χ4v) is 5.52. The second-order valence-electron chi connectivity index (χ2n) is 12.9. The van der Waals surface area contributed by atoms with Crippen LogP contribution in [0.2, 0.25) is 0 Å². The molecule has 0 atom stereocenters. The van der Waals surface area contributed by atoms with Crippen LogP contribution in [0.25, 0.3) is 33.7 Å². The van der Waals surface area contributed by atoms with Gasteiger partial charge in [0.05, 0.1) is 23.8 Å². The third-order valence-corrected chi connectivity index (χ3v) is 7.91. The van der Waals surface area contributed by atoms with Gasteiger partial charge in [-0.3, -0.25) is 0 Å². The number of aromatic nitrogens is 10. The third-order valence-electron chi connectivity index (χ3n) is 7.91. The van der Waals surface area contributed by atoms with Crippen LogP contribution in [0.15, 0.2) is 109 Å². The van der Waals surface area contributed by atoms with E-state index in [9.17, 15) is 8.78 Å². The standard InChI is InChI=1S/2C19H18FN7.ClH/c2*1-26(2)12-13-6-8-15(9-7-13)22-19-21-11-17-18(23-19)27(25-24-17)16-5-3-4-14(20)10-16;/h2*3-11H,12H2,1-2H3,(H,21,22,23);1H. The molecule has 4 aromatic heterocycles. The van der Waals surface area contributed by atoms with Crippen molar-refractivity contribution in [2.24, 2.45) is 0 Å². The van der Waals surface area contributed by atoms with E-state index in [2.05, 4.69) is 85.3 Å². The van der Waals surface area contributed by atoms with E-state index in [0.29, 0.717) is 45.6 Å². The molecule has 8 rings (SSSR count). The van der Waals surface area contributed by atoms with Crippen LogP contribution in [-0.4, -0.2) is 87.9 Å². The Balaban J connectivity index is 0.000000184. The molecule has 0 bridgehead atoms. The van der Waals surface area contributed by atoms with Gasteiger partial charge in [0.25, 0.3) is 0 Å². The molecule has 8 aromatic rings. The Morgan fingerprint density at radius 1 is 0.564 bits per heavy atom. The van der Waals surface area contributed by atoms with Gasteiger partial charge in [-0.15, -0.1) is 22.6 Å². The van der Waals surface area contributed by atoms with Crippen LogP contribution in [0.5, 0.6) is 0 Å². The zero-order chi connectivity index (χ0) is 37.6. The molecule has 0 fully saturated rings.